The van der Waals surface area contributed by atoms with Crippen molar-refractivity contribution < 1.29 is 8.78 Å². The fourth-order valence-electron chi connectivity index (χ4n) is 1.89. The number of nitrogens with two attached hydrogens (primary N) is 1. The molecule has 1 atom stereocenters. The second-order valence-electron chi connectivity index (χ2n) is 4.21. The first-order chi connectivity index (χ1) is 9.10. The van der Waals surface area contributed by atoms with Crippen LogP contribution in [-0.4, -0.2) is 0 Å². The molecule has 0 spiro atoms. The Hall–Kier alpha value is -1.30. The highest BCUT2D eigenvalue weighted by Crippen LogP contribution is 2.24. The molecule has 0 aliphatic rings. The molecule has 2 rings (SSSR count). The quantitative estimate of drug-likeness (QED) is 0.667. The fraction of sp³-hybridized carbons (Fsp3) is 0.143. The number of hydrogen-bond acceptors (Lipinski definition) is 2. The predicted molar refractivity (Wildman–Crippen MR) is 74.3 cm³/mol. The van der Waals surface area contributed by atoms with Crippen molar-refractivity contribution in [3.63, 3.8) is 0 Å². The molecule has 2 aromatic rings. The molecule has 100 valence electrons. The van der Waals surface area contributed by atoms with E-state index in [9.17, 15) is 8.78 Å². The van der Waals surface area contributed by atoms with Crippen LogP contribution in [0.15, 0.2) is 46.9 Å². The van der Waals surface area contributed by atoms with E-state index in [2.05, 4.69) is 21.4 Å². The van der Waals surface area contributed by atoms with Gasteiger partial charge in [0, 0.05) is 4.47 Å². The van der Waals surface area contributed by atoms with E-state index in [1.54, 1.807) is 18.2 Å². The lowest BCUT2D eigenvalue weighted by Gasteiger charge is -2.17. The Morgan fingerprint density at radius 3 is 2.32 bits per heavy atom. The SMILES string of the molecule is NNC(Cc1cc(F)ccc1Br)c1ccc(F)cc1. The van der Waals surface area contributed by atoms with Gasteiger partial charge in [0.1, 0.15) is 11.6 Å². The second-order valence-corrected chi connectivity index (χ2v) is 5.06. The standard InChI is InChI=1S/C14H13BrF2N2/c15-13-6-5-12(17)7-10(13)8-14(19-18)9-1-3-11(16)4-2-9/h1-7,14,19H,8,18H2. The molecule has 0 amide bonds. The average molecular weight is 327 g/mol. The molecule has 2 aromatic carbocycles. The summed E-state index contributed by atoms with van der Waals surface area (Å²) in [6, 6.07) is 10.4. The van der Waals surface area contributed by atoms with E-state index in [4.69, 9.17) is 5.84 Å². The number of halogens is 3. The third kappa shape index (κ3) is 3.59. The first kappa shape index (κ1) is 14.1. The summed E-state index contributed by atoms with van der Waals surface area (Å²) in [7, 11) is 0. The van der Waals surface area contributed by atoms with Gasteiger partial charge in [0.2, 0.25) is 0 Å². The van der Waals surface area contributed by atoms with E-state index in [0.717, 1.165) is 15.6 Å². The third-order valence-electron chi connectivity index (χ3n) is 2.91. The van der Waals surface area contributed by atoms with Crippen molar-refractivity contribution in [3.05, 3.63) is 69.7 Å². The van der Waals surface area contributed by atoms with Gasteiger partial charge in [-0.3, -0.25) is 11.3 Å². The number of hydrazine groups is 1. The highest BCUT2D eigenvalue weighted by atomic mass is 79.9. The van der Waals surface area contributed by atoms with Gasteiger partial charge in [-0.1, -0.05) is 28.1 Å². The maximum Gasteiger partial charge on any atom is 0.123 e. The highest BCUT2D eigenvalue weighted by Gasteiger charge is 2.13. The van der Waals surface area contributed by atoms with Crippen LogP contribution in [0.3, 0.4) is 0 Å². The van der Waals surface area contributed by atoms with Gasteiger partial charge in [-0.2, -0.15) is 0 Å². The zero-order chi connectivity index (χ0) is 13.8. The van der Waals surface area contributed by atoms with Gasteiger partial charge in [0.25, 0.3) is 0 Å². The normalized spacial score (nSPS) is 12.4. The van der Waals surface area contributed by atoms with Gasteiger partial charge in [0.15, 0.2) is 0 Å². The van der Waals surface area contributed by atoms with Crippen molar-refractivity contribution in [3.8, 4) is 0 Å². The smallest absolute Gasteiger partial charge is 0.123 e. The number of benzene rings is 2. The third-order valence-corrected chi connectivity index (χ3v) is 3.68. The van der Waals surface area contributed by atoms with Crippen LogP contribution in [0.5, 0.6) is 0 Å². The van der Waals surface area contributed by atoms with E-state index in [-0.39, 0.29) is 17.7 Å². The molecule has 2 nitrogen and oxygen atoms in total. The largest absolute Gasteiger partial charge is 0.271 e. The van der Waals surface area contributed by atoms with Crippen LogP contribution in [0, 0.1) is 11.6 Å². The van der Waals surface area contributed by atoms with E-state index in [1.807, 2.05) is 0 Å². The molecule has 0 radical (unpaired) electrons. The van der Waals surface area contributed by atoms with Gasteiger partial charge < -0.3 is 0 Å². The molecule has 0 aliphatic carbocycles. The number of hydrogen-bond donors (Lipinski definition) is 2. The van der Waals surface area contributed by atoms with E-state index >= 15 is 0 Å². The molecule has 1 unspecified atom stereocenters. The van der Waals surface area contributed by atoms with Crippen LogP contribution in [0.2, 0.25) is 0 Å². The Balaban J connectivity index is 2.23. The summed E-state index contributed by atoms with van der Waals surface area (Å²) in [6.07, 6.45) is 0.500. The highest BCUT2D eigenvalue weighted by molar-refractivity contribution is 9.10. The Kier molecular flexibility index (Phi) is 4.63. The van der Waals surface area contributed by atoms with Crippen molar-refractivity contribution in [2.75, 3.05) is 0 Å². The Labute approximate surface area is 118 Å². The topological polar surface area (TPSA) is 38.0 Å². The summed E-state index contributed by atoms with van der Waals surface area (Å²) in [5, 5.41) is 0. The van der Waals surface area contributed by atoms with E-state index < -0.39 is 0 Å². The molecule has 0 saturated carbocycles. The van der Waals surface area contributed by atoms with Gasteiger partial charge in [-0.05, 0) is 47.9 Å². The van der Waals surface area contributed by atoms with E-state index in [0.29, 0.717) is 6.42 Å². The molecular weight excluding hydrogens is 314 g/mol. The molecular formula is C14H13BrF2N2. The van der Waals surface area contributed by atoms with Crippen LogP contribution in [0.1, 0.15) is 17.2 Å². The molecule has 0 aliphatic heterocycles. The molecule has 19 heavy (non-hydrogen) atoms. The zero-order valence-corrected chi connectivity index (χ0v) is 11.6. The zero-order valence-electron chi connectivity index (χ0n) is 10.0. The minimum Gasteiger partial charge on any atom is -0.271 e. The monoisotopic (exact) mass is 326 g/mol. The van der Waals surface area contributed by atoms with Crippen molar-refractivity contribution in [2.24, 2.45) is 5.84 Å². The fourth-order valence-corrected chi connectivity index (χ4v) is 2.30. The first-order valence-electron chi connectivity index (χ1n) is 5.75. The summed E-state index contributed by atoms with van der Waals surface area (Å²) >= 11 is 3.38. The second kappa shape index (κ2) is 6.23. The Morgan fingerprint density at radius 1 is 1.05 bits per heavy atom. The number of nitrogens with one attached hydrogen (secondary N) is 1. The minimum atomic E-state index is -0.300. The van der Waals surface area contributed by atoms with Crippen molar-refractivity contribution in [1.82, 2.24) is 5.43 Å². The van der Waals surface area contributed by atoms with E-state index in [1.165, 1.54) is 24.3 Å². The summed E-state index contributed by atoms with van der Waals surface area (Å²) in [6.45, 7) is 0. The van der Waals surface area contributed by atoms with Crippen LogP contribution in [0.4, 0.5) is 8.78 Å². The summed E-state index contributed by atoms with van der Waals surface area (Å²) in [5.41, 5.74) is 4.31. The molecule has 0 heterocycles. The lowest BCUT2D eigenvalue weighted by atomic mass is 9.99. The molecule has 5 heteroatoms. The van der Waals surface area contributed by atoms with Crippen molar-refractivity contribution in [1.29, 1.82) is 0 Å². The molecule has 3 N–H and O–H groups in total. The maximum absolute atomic E-state index is 13.2. The Bertz CT molecular complexity index is 558. The summed E-state index contributed by atoms with van der Waals surface area (Å²) in [5.74, 6) is 4.93. The summed E-state index contributed by atoms with van der Waals surface area (Å²) in [4.78, 5) is 0. The minimum absolute atomic E-state index is 0.210. The lowest BCUT2D eigenvalue weighted by Crippen LogP contribution is -2.29. The molecule has 0 bridgehead atoms. The van der Waals surface area contributed by atoms with Crippen LogP contribution in [0.25, 0.3) is 0 Å². The molecule has 0 saturated heterocycles. The number of rotatable bonds is 4. The van der Waals surface area contributed by atoms with Crippen molar-refractivity contribution >= 4 is 15.9 Å². The summed E-state index contributed by atoms with van der Waals surface area (Å²) < 4.78 is 26.9. The van der Waals surface area contributed by atoms with Crippen molar-refractivity contribution in [2.45, 2.75) is 12.5 Å². The van der Waals surface area contributed by atoms with Crippen LogP contribution in [-0.2, 0) is 6.42 Å². The first-order valence-corrected chi connectivity index (χ1v) is 6.55. The van der Waals surface area contributed by atoms with Gasteiger partial charge in [0.05, 0.1) is 6.04 Å². The maximum atomic E-state index is 13.2. The van der Waals surface area contributed by atoms with Gasteiger partial charge in [-0.25, -0.2) is 8.78 Å². The average Bonchev–Trinajstić information content (AvgIpc) is 2.41. The van der Waals surface area contributed by atoms with Gasteiger partial charge >= 0.3 is 0 Å². The molecule has 0 fully saturated rings. The van der Waals surface area contributed by atoms with Crippen LogP contribution >= 0.6 is 15.9 Å². The molecule has 0 aromatic heterocycles. The van der Waals surface area contributed by atoms with Gasteiger partial charge in [-0.15, -0.1) is 0 Å². The van der Waals surface area contributed by atoms with Crippen LogP contribution < -0.4 is 11.3 Å². The predicted octanol–water partition coefficient (Wildman–Crippen LogP) is 3.47. The Morgan fingerprint density at radius 2 is 1.68 bits per heavy atom. The lowest BCUT2D eigenvalue weighted by molar-refractivity contribution is 0.545.